The smallest absolute Gasteiger partial charge is 0.227 e. The molecule has 0 saturated carbocycles. The predicted molar refractivity (Wildman–Crippen MR) is 118 cm³/mol. The molecule has 0 amide bonds. The van der Waals surface area contributed by atoms with Gasteiger partial charge in [0.2, 0.25) is 5.95 Å². The first-order valence-corrected chi connectivity index (χ1v) is 11.6. The molecule has 1 aliphatic rings. The van der Waals surface area contributed by atoms with Crippen molar-refractivity contribution in [2.24, 2.45) is 0 Å². The molecule has 1 atom stereocenters. The van der Waals surface area contributed by atoms with Gasteiger partial charge in [-0.3, -0.25) is 0 Å². The number of aromatic nitrogens is 2. The predicted octanol–water partition coefficient (Wildman–Crippen LogP) is 3.83. The Morgan fingerprint density at radius 1 is 1.10 bits per heavy atom. The van der Waals surface area contributed by atoms with Gasteiger partial charge in [-0.1, -0.05) is 34.0 Å². The van der Waals surface area contributed by atoms with Gasteiger partial charge in [0.1, 0.15) is 11.6 Å². The molecule has 7 nitrogen and oxygen atoms in total. The van der Waals surface area contributed by atoms with Crippen LogP contribution in [0.1, 0.15) is 18.4 Å². The molecule has 0 bridgehead atoms. The largest absolute Gasteiger partial charge is 0.593 e. The molecule has 0 aliphatic carbocycles. The van der Waals surface area contributed by atoms with E-state index >= 15 is 0 Å². The first kappa shape index (κ1) is 21.4. The van der Waals surface area contributed by atoms with Gasteiger partial charge in [0.15, 0.2) is 15.3 Å². The Morgan fingerprint density at radius 3 is 2.52 bits per heavy atom. The second-order valence-corrected chi connectivity index (χ2v) is 9.26. The molecule has 31 heavy (non-hydrogen) atoms. The molecular formula is C22H24FN5O2S. The molecule has 1 saturated heterocycles. The SMILES string of the molecule is Cc1ccc([S+](=O)([O-])NC2CCN(c3nccc(Nc4ccccc4F)n3)CC2)cc1. The Hall–Kier alpha value is -2.88. The van der Waals surface area contributed by atoms with Gasteiger partial charge in [0.05, 0.1) is 11.7 Å². The van der Waals surface area contributed by atoms with Crippen molar-refractivity contribution in [1.82, 2.24) is 14.7 Å². The third kappa shape index (κ3) is 5.25. The van der Waals surface area contributed by atoms with Crippen LogP contribution < -0.4 is 14.9 Å². The summed E-state index contributed by atoms with van der Waals surface area (Å²) in [5.74, 6) is 0.669. The lowest BCUT2D eigenvalue weighted by Crippen LogP contribution is -2.47. The van der Waals surface area contributed by atoms with Crippen LogP contribution in [-0.2, 0) is 14.6 Å². The van der Waals surface area contributed by atoms with E-state index in [0.717, 1.165) is 5.56 Å². The summed E-state index contributed by atoms with van der Waals surface area (Å²) in [5.41, 5.74) is 1.36. The van der Waals surface area contributed by atoms with Crippen molar-refractivity contribution in [2.45, 2.75) is 30.7 Å². The lowest BCUT2D eigenvalue weighted by molar-refractivity contribution is 0.417. The number of halogens is 1. The van der Waals surface area contributed by atoms with Crippen LogP contribution in [0.5, 0.6) is 0 Å². The number of piperidine rings is 1. The fraction of sp³-hybridized carbons (Fsp3) is 0.273. The first-order valence-electron chi connectivity index (χ1n) is 10.1. The number of sulfonamides is 1. The van der Waals surface area contributed by atoms with Gasteiger partial charge in [0, 0.05) is 19.3 Å². The molecule has 1 aliphatic heterocycles. The Bertz CT molecular complexity index is 1090. The summed E-state index contributed by atoms with van der Waals surface area (Å²) < 4.78 is 41.9. The second-order valence-electron chi connectivity index (χ2n) is 7.54. The number of rotatable bonds is 6. The average Bonchev–Trinajstić information content (AvgIpc) is 2.76. The van der Waals surface area contributed by atoms with Crippen LogP contribution in [0.2, 0.25) is 0 Å². The number of nitrogens with zero attached hydrogens (tertiary/aromatic N) is 3. The summed E-state index contributed by atoms with van der Waals surface area (Å²) >= 11 is 0. The zero-order valence-electron chi connectivity index (χ0n) is 17.1. The second kappa shape index (κ2) is 9.09. The van der Waals surface area contributed by atoms with Crippen LogP contribution >= 0.6 is 0 Å². The first-order chi connectivity index (χ1) is 14.9. The van der Waals surface area contributed by atoms with E-state index in [9.17, 15) is 13.2 Å². The monoisotopic (exact) mass is 441 g/mol. The van der Waals surface area contributed by atoms with E-state index in [1.165, 1.54) is 6.07 Å². The van der Waals surface area contributed by atoms with Crippen molar-refractivity contribution < 1.29 is 13.2 Å². The quantitative estimate of drug-likeness (QED) is 0.565. The zero-order chi connectivity index (χ0) is 21.8. The molecule has 3 aromatic rings. The number of hydrogen-bond acceptors (Lipinski definition) is 6. The number of hydrogen-bond donors (Lipinski definition) is 2. The van der Waals surface area contributed by atoms with Crippen LogP contribution in [0.15, 0.2) is 65.7 Å². The van der Waals surface area contributed by atoms with E-state index in [1.807, 2.05) is 11.8 Å². The molecule has 2 N–H and O–H groups in total. The van der Waals surface area contributed by atoms with Gasteiger partial charge >= 0.3 is 0 Å². The standard InChI is InChI=1S/C22H24FN5O2S/c1-16-6-8-18(9-7-16)31(29,30)27-17-11-14-28(15-12-17)22-24-13-10-21(26-22)25-20-5-3-2-4-19(20)23/h2-10,13,17H,11-12,14-15H2,1H3,(H2-,24,25,26,27,29,30). The van der Waals surface area contributed by atoms with Gasteiger partial charge < -0.3 is 14.8 Å². The molecule has 2 heterocycles. The van der Waals surface area contributed by atoms with Crippen LogP contribution in [-0.4, -0.2) is 33.7 Å². The van der Waals surface area contributed by atoms with E-state index in [-0.39, 0.29) is 16.8 Å². The maximum atomic E-state index is 13.9. The average molecular weight is 442 g/mol. The molecular weight excluding hydrogens is 417 g/mol. The number of anilines is 3. The Labute approximate surface area is 182 Å². The van der Waals surface area contributed by atoms with Crippen LogP contribution in [0, 0.1) is 12.7 Å². The molecule has 0 radical (unpaired) electrons. The Kier molecular flexibility index (Phi) is 6.26. The highest BCUT2D eigenvalue weighted by atomic mass is 32.3. The molecule has 1 fully saturated rings. The summed E-state index contributed by atoms with van der Waals surface area (Å²) in [6, 6.07) is 14.7. The highest BCUT2D eigenvalue weighted by Crippen LogP contribution is 2.23. The van der Waals surface area contributed by atoms with E-state index in [4.69, 9.17) is 0 Å². The van der Waals surface area contributed by atoms with Crippen molar-refractivity contribution >= 4 is 27.9 Å². The topological polar surface area (TPSA) is 93.2 Å². The lowest BCUT2D eigenvalue weighted by Gasteiger charge is -2.32. The molecule has 4 rings (SSSR count). The highest BCUT2D eigenvalue weighted by Gasteiger charge is 2.29. The molecule has 162 valence electrons. The summed E-state index contributed by atoms with van der Waals surface area (Å²) in [6.07, 6.45) is 2.90. The molecule has 9 heteroatoms. The Balaban J connectivity index is 1.37. The number of para-hydroxylation sites is 1. The van der Waals surface area contributed by atoms with Gasteiger partial charge in [-0.2, -0.15) is 4.98 Å². The molecule has 0 spiro atoms. The minimum Gasteiger partial charge on any atom is -0.593 e. The van der Waals surface area contributed by atoms with Gasteiger partial charge in [-0.05, 0) is 50.1 Å². The van der Waals surface area contributed by atoms with Gasteiger partial charge in [0.25, 0.3) is 0 Å². The minimum atomic E-state index is -3.55. The third-order valence-electron chi connectivity index (χ3n) is 5.21. The van der Waals surface area contributed by atoms with E-state index in [2.05, 4.69) is 20.0 Å². The Morgan fingerprint density at radius 2 is 1.81 bits per heavy atom. The maximum absolute atomic E-state index is 13.9. The summed E-state index contributed by atoms with van der Waals surface area (Å²) in [5, 5.41) is 2.97. The fourth-order valence-electron chi connectivity index (χ4n) is 3.47. The normalized spacial score (nSPS) is 16.7. The maximum Gasteiger partial charge on any atom is 0.227 e. The number of aryl methyl sites for hydroxylation is 1. The summed E-state index contributed by atoms with van der Waals surface area (Å²) in [4.78, 5) is 11.1. The van der Waals surface area contributed by atoms with Crippen molar-refractivity contribution in [2.75, 3.05) is 23.3 Å². The fourth-order valence-corrected chi connectivity index (χ4v) is 4.78. The highest BCUT2D eigenvalue weighted by molar-refractivity contribution is 7.95. The van der Waals surface area contributed by atoms with Crippen LogP contribution in [0.3, 0.4) is 0 Å². The van der Waals surface area contributed by atoms with Crippen molar-refractivity contribution in [3.63, 3.8) is 0 Å². The minimum absolute atomic E-state index is 0.151. The third-order valence-corrected chi connectivity index (χ3v) is 6.75. The lowest BCUT2D eigenvalue weighted by atomic mass is 10.1. The van der Waals surface area contributed by atoms with Crippen molar-refractivity contribution in [3.05, 3.63) is 72.2 Å². The molecule has 1 unspecified atom stereocenters. The number of benzene rings is 2. The number of nitrogens with one attached hydrogen (secondary N) is 2. The van der Waals surface area contributed by atoms with E-state index in [1.54, 1.807) is 54.7 Å². The summed E-state index contributed by atoms with van der Waals surface area (Å²) in [7, 11) is -3.55. The van der Waals surface area contributed by atoms with E-state index < -0.39 is 10.4 Å². The molecule has 2 aromatic carbocycles. The zero-order valence-corrected chi connectivity index (χ0v) is 17.9. The van der Waals surface area contributed by atoms with Crippen molar-refractivity contribution in [1.29, 1.82) is 0 Å². The molecule has 1 aromatic heterocycles. The van der Waals surface area contributed by atoms with Gasteiger partial charge in [-0.25, -0.2) is 9.37 Å². The van der Waals surface area contributed by atoms with Crippen LogP contribution in [0.4, 0.5) is 21.8 Å². The van der Waals surface area contributed by atoms with Crippen LogP contribution in [0.25, 0.3) is 0 Å². The van der Waals surface area contributed by atoms with E-state index in [0.29, 0.717) is 43.4 Å². The van der Waals surface area contributed by atoms with Crippen molar-refractivity contribution in [3.8, 4) is 0 Å². The summed E-state index contributed by atoms with van der Waals surface area (Å²) in [6.45, 7) is 3.15. The van der Waals surface area contributed by atoms with Gasteiger partial charge in [-0.15, -0.1) is 4.72 Å².